The average molecular weight is 372 g/mol. The van der Waals surface area contributed by atoms with Crippen molar-refractivity contribution < 1.29 is 40.2 Å². The summed E-state index contributed by atoms with van der Waals surface area (Å²) in [6.45, 7) is -0.275. The Balaban J connectivity index is 1.76. The second-order valence-corrected chi connectivity index (χ2v) is 5.98. The highest BCUT2D eigenvalue weighted by molar-refractivity contribution is 5.80. The lowest BCUT2D eigenvalue weighted by Crippen LogP contribution is -2.59. The molecule has 146 valence electrons. The Morgan fingerprint density at radius 1 is 1.15 bits per heavy atom. The molecule has 1 aliphatic heterocycles. The van der Waals surface area contributed by atoms with E-state index in [2.05, 4.69) is 10.1 Å². The van der Waals surface area contributed by atoms with E-state index in [1.165, 1.54) is 6.07 Å². The summed E-state index contributed by atoms with van der Waals surface area (Å²) in [5, 5.41) is 59.3. The van der Waals surface area contributed by atoms with E-state index in [-0.39, 0.29) is 18.1 Å². The van der Waals surface area contributed by atoms with Crippen molar-refractivity contribution in [1.82, 2.24) is 4.98 Å². The van der Waals surface area contributed by atoms with E-state index in [1.54, 1.807) is 6.07 Å². The summed E-state index contributed by atoms with van der Waals surface area (Å²) in [7, 11) is 0. The molecule has 10 heteroatoms. The molecule has 0 spiro atoms. The van der Waals surface area contributed by atoms with Gasteiger partial charge in [-0.3, -0.25) is 0 Å². The second-order valence-electron chi connectivity index (χ2n) is 5.98. The first-order valence-electron chi connectivity index (χ1n) is 8.26. The van der Waals surface area contributed by atoms with Crippen molar-refractivity contribution >= 4 is 6.21 Å². The molecule has 0 bridgehead atoms. The molecule has 0 unspecified atom stereocenters. The SMILES string of the molecule is OC[C@H]1O[C@@H](OCCCCc2ccc(O)c(/C=N/O)n2)[C@H](O)[C@@H](O)[C@@H]1O. The van der Waals surface area contributed by atoms with Crippen LogP contribution in [0.1, 0.15) is 24.2 Å². The van der Waals surface area contributed by atoms with Crippen molar-refractivity contribution in [2.75, 3.05) is 13.2 Å². The lowest BCUT2D eigenvalue weighted by atomic mass is 9.99. The predicted octanol–water partition coefficient (Wildman–Crippen LogP) is -1.27. The van der Waals surface area contributed by atoms with Crippen LogP contribution in [0.4, 0.5) is 0 Å². The van der Waals surface area contributed by atoms with Gasteiger partial charge in [-0.2, -0.15) is 0 Å². The molecule has 5 atom stereocenters. The molecule has 10 nitrogen and oxygen atoms in total. The van der Waals surface area contributed by atoms with Crippen molar-refractivity contribution in [1.29, 1.82) is 0 Å². The number of nitrogens with zero attached hydrogens (tertiary/aromatic N) is 2. The molecule has 6 N–H and O–H groups in total. The van der Waals surface area contributed by atoms with Gasteiger partial charge in [-0.1, -0.05) is 5.16 Å². The molecule has 1 aromatic heterocycles. The summed E-state index contributed by atoms with van der Waals surface area (Å²) < 4.78 is 10.6. The van der Waals surface area contributed by atoms with E-state index in [9.17, 15) is 20.4 Å². The molecule has 2 heterocycles. The summed E-state index contributed by atoms with van der Waals surface area (Å²) in [6, 6.07) is 3.12. The zero-order valence-corrected chi connectivity index (χ0v) is 14.0. The molecule has 0 amide bonds. The number of oxime groups is 1. The topological polar surface area (TPSA) is 165 Å². The van der Waals surface area contributed by atoms with Crippen molar-refractivity contribution in [3.05, 3.63) is 23.5 Å². The third-order valence-electron chi connectivity index (χ3n) is 4.10. The van der Waals surface area contributed by atoms with Crippen LogP contribution in [0.5, 0.6) is 5.75 Å². The number of aromatic nitrogens is 1. The van der Waals surface area contributed by atoms with Gasteiger partial charge in [0, 0.05) is 12.3 Å². The number of hydrogen-bond acceptors (Lipinski definition) is 10. The average Bonchev–Trinajstić information content (AvgIpc) is 2.64. The molecule has 0 aromatic carbocycles. The van der Waals surface area contributed by atoms with Gasteiger partial charge in [-0.05, 0) is 31.4 Å². The van der Waals surface area contributed by atoms with Crippen LogP contribution in [-0.2, 0) is 15.9 Å². The Labute approximate surface area is 150 Å². The minimum Gasteiger partial charge on any atom is -0.506 e. The van der Waals surface area contributed by atoms with Crippen LogP contribution in [0.2, 0.25) is 0 Å². The molecule has 1 aliphatic rings. The first kappa shape index (κ1) is 20.5. The Kier molecular flexibility index (Phi) is 7.69. The van der Waals surface area contributed by atoms with E-state index in [0.717, 1.165) is 6.21 Å². The molecule has 0 radical (unpaired) electrons. The standard InChI is InChI=1S/C16H24N2O8/c19-8-12-13(21)14(22)15(23)16(26-12)25-6-2-1-3-9-4-5-11(20)10(18-9)7-17-24/h4-5,7,12-16,19-24H,1-3,6,8H2/b17-7+/t12-,13-,14+,15-,16-/m1/s1. The Hall–Kier alpha value is -1.82. The highest BCUT2D eigenvalue weighted by Crippen LogP contribution is 2.22. The highest BCUT2D eigenvalue weighted by atomic mass is 16.7. The molecule has 1 aromatic rings. The monoisotopic (exact) mass is 372 g/mol. The molecular formula is C16H24N2O8. The number of aliphatic hydroxyl groups is 4. The van der Waals surface area contributed by atoms with Crippen molar-refractivity contribution in [2.45, 2.75) is 50.0 Å². The van der Waals surface area contributed by atoms with Crippen molar-refractivity contribution in [3.63, 3.8) is 0 Å². The van der Waals surface area contributed by atoms with Gasteiger partial charge in [0.2, 0.25) is 0 Å². The van der Waals surface area contributed by atoms with Crippen LogP contribution >= 0.6 is 0 Å². The highest BCUT2D eigenvalue weighted by Gasteiger charge is 2.43. The zero-order chi connectivity index (χ0) is 19.1. The third-order valence-corrected chi connectivity index (χ3v) is 4.10. The third kappa shape index (κ3) is 5.10. The number of aromatic hydroxyl groups is 1. The van der Waals surface area contributed by atoms with E-state index in [0.29, 0.717) is 25.0 Å². The fraction of sp³-hybridized carbons (Fsp3) is 0.625. The van der Waals surface area contributed by atoms with Crippen LogP contribution in [-0.4, -0.2) is 85.9 Å². The number of unbranched alkanes of at least 4 members (excludes halogenated alkanes) is 1. The van der Waals surface area contributed by atoms with Gasteiger partial charge in [-0.25, -0.2) is 4.98 Å². The molecule has 2 rings (SSSR count). The number of pyridine rings is 1. The van der Waals surface area contributed by atoms with Gasteiger partial charge in [-0.15, -0.1) is 0 Å². The van der Waals surface area contributed by atoms with Crippen LogP contribution in [0.25, 0.3) is 0 Å². The van der Waals surface area contributed by atoms with Gasteiger partial charge >= 0.3 is 0 Å². The summed E-state index contributed by atoms with van der Waals surface area (Å²) in [4.78, 5) is 4.15. The number of aliphatic hydroxyl groups excluding tert-OH is 4. The van der Waals surface area contributed by atoms with Gasteiger partial charge in [0.05, 0.1) is 12.8 Å². The van der Waals surface area contributed by atoms with Gasteiger partial charge in [0.15, 0.2) is 6.29 Å². The summed E-state index contributed by atoms with van der Waals surface area (Å²) in [5.74, 6) is -0.0856. The molecular weight excluding hydrogens is 348 g/mol. The van der Waals surface area contributed by atoms with Gasteiger partial charge in [0.1, 0.15) is 35.9 Å². The van der Waals surface area contributed by atoms with Crippen LogP contribution in [0.15, 0.2) is 17.3 Å². The van der Waals surface area contributed by atoms with Crippen LogP contribution in [0, 0.1) is 0 Å². The molecule has 1 saturated heterocycles. The summed E-state index contributed by atoms with van der Waals surface area (Å²) in [5.41, 5.74) is 0.869. The summed E-state index contributed by atoms with van der Waals surface area (Å²) in [6.07, 6.45) is -3.49. The maximum absolute atomic E-state index is 9.85. The van der Waals surface area contributed by atoms with E-state index in [1.807, 2.05) is 0 Å². The van der Waals surface area contributed by atoms with Crippen molar-refractivity contribution in [2.24, 2.45) is 5.16 Å². The number of aryl methyl sites for hydroxylation is 1. The molecule has 26 heavy (non-hydrogen) atoms. The quantitative estimate of drug-likeness (QED) is 0.141. The van der Waals surface area contributed by atoms with Crippen molar-refractivity contribution in [3.8, 4) is 5.75 Å². The van der Waals surface area contributed by atoms with E-state index < -0.39 is 37.3 Å². The number of ether oxygens (including phenoxy) is 2. The maximum Gasteiger partial charge on any atom is 0.186 e. The fourth-order valence-corrected chi connectivity index (χ4v) is 2.61. The lowest BCUT2D eigenvalue weighted by molar-refractivity contribution is -0.301. The first-order valence-corrected chi connectivity index (χ1v) is 8.26. The zero-order valence-electron chi connectivity index (χ0n) is 14.0. The first-order chi connectivity index (χ1) is 12.5. The normalized spacial score (nSPS) is 29.3. The smallest absolute Gasteiger partial charge is 0.186 e. The molecule has 1 fully saturated rings. The largest absolute Gasteiger partial charge is 0.506 e. The maximum atomic E-state index is 9.85. The fourth-order valence-electron chi connectivity index (χ4n) is 2.61. The predicted molar refractivity (Wildman–Crippen MR) is 87.9 cm³/mol. The van der Waals surface area contributed by atoms with E-state index >= 15 is 0 Å². The van der Waals surface area contributed by atoms with Crippen LogP contribution in [0.3, 0.4) is 0 Å². The van der Waals surface area contributed by atoms with Gasteiger partial charge in [0.25, 0.3) is 0 Å². The Morgan fingerprint density at radius 2 is 1.92 bits per heavy atom. The number of rotatable bonds is 8. The number of hydrogen-bond donors (Lipinski definition) is 6. The molecule has 0 saturated carbocycles. The minimum absolute atomic E-state index is 0.0856. The van der Waals surface area contributed by atoms with Crippen LogP contribution < -0.4 is 0 Å². The second kappa shape index (κ2) is 9.76. The van der Waals surface area contributed by atoms with Gasteiger partial charge < -0.3 is 40.2 Å². The summed E-state index contributed by atoms with van der Waals surface area (Å²) >= 11 is 0. The minimum atomic E-state index is -1.46. The lowest BCUT2D eigenvalue weighted by Gasteiger charge is -2.39. The Morgan fingerprint density at radius 3 is 2.62 bits per heavy atom. The Bertz CT molecular complexity index is 598. The molecule has 0 aliphatic carbocycles. The van der Waals surface area contributed by atoms with E-state index in [4.69, 9.17) is 19.8 Å².